The van der Waals surface area contributed by atoms with Crippen LogP contribution in [-0.2, 0) is 14.2 Å². The Morgan fingerprint density at radius 2 is 1.85 bits per heavy atom. The van der Waals surface area contributed by atoms with Crippen molar-refractivity contribution in [1.29, 1.82) is 0 Å². The summed E-state index contributed by atoms with van der Waals surface area (Å²) in [5, 5.41) is 3.07. The van der Waals surface area contributed by atoms with Gasteiger partial charge >= 0.3 is 18.0 Å². The van der Waals surface area contributed by atoms with Crippen molar-refractivity contribution in [2.45, 2.75) is 40.2 Å². The highest BCUT2D eigenvalue weighted by Gasteiger charge is 2.29. The predicted molar refractivity (Wildman–Crippen MR) is 102 cm³/mol. The van der Waals surface area contributed by atoms with Crippen LogP contribution in [0, 0.1) is 6.92 Å². The van der Waals surface area contributed by atoms with Crippen molar-refractivity contribution in [3.63, 3.8) is 0 Å². The fraction of sp³-hybridized carbons (Fsp3) is 0.611. The first-order valence-electron chi connectivity index (χ1n) is 9.03. The van der Waals surface area contributed by atoms with Crippen LogP contribution < -0.4 is 5.32 Å². The van der Waals surface area contributed by atoms with Crippen LogP contribution >= 0.6 is 11.3 Å². The molecule has 9 heteroatoms. The van der Waals surface area contributed by atoms with Gasteiger partial charge in [-0.25, -0.2) is 14.4 Å². The van der Waals surface area contributed by atoms with Gasteiger partial charge in [0.1, 0.15) is 9.88 Å². The Morgan fingerprint density at radius 1 is 1.19 bits per heavy atom. The lowest BCUT2D eigenvalue weighted by atomic mass is 10.1. The van der Waals surface area contributed by atoms with Crippen molar-refractivity contribution < 1.29 is 28.6 Å². The van der Waals surface area contributed by atoms with Gasteiger partial charge in [-0.15, -0.1) is 11.3 Å². The van der Waals surface area contributed by atoms with Gasteiger partial charge in [-0.1, -0.05) is 0 Å². The number of ether oxygens (including phenoxy) is 3. The fourth-order valence-electron chi connectivity index (χ4n) is 2.81. The molecule has 1 aromatic rings. The summed E-state index contributed by atoms with van der Waals surface area (Å²) < 4.78 is 15.6. The van der Waals surface area contributed by atoms with Crippen molar-refractivity contribution in [3.05, 3.63) is 16.0 Å². The monoisotopic (exact) mass is 398 g/mol. The van der Waals surface area contributed by atoms with Crippen molar-refractivity contribution in [3.8, 4) is 0 Å². The molecule has 2 amide bonds. The van der Waals surface area contributed by atoms with Crippen LogP contribution in [0.2, 0.25) is 0 Å². The molecule has 2 heterocycles. The highest BCUT2D eigenvalue weighted by Crippen LogP contribution is 2.34. The summed E-state index contributed by atoms with van der Waals surface area (Å²) in [6.07, 6.45) is 0.732. The second-order valence-electron chi connectivity index (χ2n) is 6.07. The average Bonchev–Trinajstić information content (AvgIpc) is 2.78. The molecule has 1 aliphatic rings. The van der Waals surface area contributed by atoms with Gasteiger partial charge in [0.15, 0.2) is 0 Å². The van der Waals surface area contributed by atoms with Crippen LogP contribution in [0.25, 0.3) is 0 Å². The molecule has 150 valence electrons. The number of amides is 2. The van der Waals surface area contributed by atoms with Crippen molar-refractivity contribution in [2.75, 3.05) is 38.3 Å². The molecule has 8 nitrogen and oxygen atoms in total. The molecule has 1 N–H and O–H groups in total. The largest absolute Gasteiger partial charge is 0.462 e. The smallest absolute Gasteiger partial charge is 0.348 e. The molecule has 1 aliphatic heterocycles. The maximum Gasteiger partial charge on any atom is 0.348 e. The van der Waals surface area contributed by atoms with E-state index in [2.05, 4.69) is 5.32 Å². The molecule has 0 saturated carbocycles. The first kappa shape index (κ1) is 21.2. The van der Waals surface area contributed by atoms with Crippen LogP contribution in [0.5, 0.6) is 0 Å². The first-order chi connectivity index (χ1) is 12.9. The minimum Gasteiger partial charge on any atom is -0.462 e. The SMILES string of the molecule is CCOC(=O)c1sc(NC(=O)N2CCOCC[C@@H]2C)c(C(=O)OCC)c1C. The lowest BCUT2D eigenvalue weighted by molar-refractivity contribution is 0.0527. The molecule has 0 aliphatic carbocycles. The molecule has 2 rings (SSSR count). The number of hydrogen-bond acceptors (Lipinski definition) is 7. The van der Waals surface area contributed by atoms with E-state index in [9.17, 15) is 14.4 Å². The van der Waals surface area contributed by atoms with Crippen molar-refractivity contribution in [1.82, 2.24) is 4.90 Å². The molecule has 1 fully saturated rings. The van der Waals surface area contributed by atoms with E-state index < -0.39 is 11.9 Å². The van der Waals surface area contributed by atoms with Crippen LogP contribution in [0.1, 0.15) is 52.8 Å². The van der Waals surface area contributed by atoms with E-state index in [-0.39, 0.29) is 40.7 Å². The summed E-state index contributed by atoms with van der Waals surface area (Å²) in [4.78, 5) is 39.3. The number of nitrogens with one attached hydrogen (secondary N) is 1. The third kappa shape index (κ3) is 4.98. The van der Waals surface area contributed by atoms with E-state index in [1.807, 2.05) is 6.92 Å². The van der Waals surface area contributed by atoms with E-state index in [0.717, 1.165) is 17.8 Å². The lowest BCUT2D eigenvalue weighted by Crippen LogP contribution is -2.42. The van der Waals surface area contributed by atoms with Crippen LogP contribution in [-0.4, -0.2) is 61.9 Å². The van der Waals surface area contributed by atoms with Gasteiger partial charge in [-0.2, -0.15) is 0 Å². The van der Waals surface area contributed by atoms with Crippen LogP contribution in [0.4, 0.5) is 9.80 Å². The van der Waals surface area contributed by atoms with E-state index in [0.29, 0.717) is 25.3 Å². The number of urea groups is 1. The molecular formula is C18H26N2O6S. The third-order valence-corrected chi connectivity index (χ3v) is 5.44. The minimum absolute atomic E-state index is 0.00382. The van der Waals surface area contributed by atoms with Crippen LogP contribution in [0.15, 0.2) is 0 Å². The van der Waals surface area contributed by atoms with E-state index >= 15 is 0 Å². The normalized spacial score (nSPS) is 17.2. The molecular weight excluding hydrogens is 372 g/mol. The molecule has 0 radical (unpaired) electrons. The Kier molecular flexibility index (Phi) is 7.61. The van der Waals surface area contributed by atoms with Gasteiger partial charge in [-0.3, -0.25) is 5.32 Å². The summed E-state index contributed by atoms with van der Waals surface area (Å²) in [5.41, 5.74) is 0.636. The predicted octanol–water partition coefficient (Wildman–Crippen LogP) is 3.05. The molecule has 0 aromatic carbocycles. The maximum absolute atomic E-state index is 12.8. The number of anilines is 1. The second kappa shape index (κ2) is 9.70. The standard InChI is InChI=1S/C18H26N2O6S/c1-5-25-16(21)13-12(4)14(17(22)26-6-2)27-15(13)19-18(23)20-8-10-24-9-7-11(20)3/h11H,5-10H2,1-4H3,(H,19,23)/t11-/m0/s1. The lowest BCUT2D eigenvalue weighted by Gasteiger charge is -2.26. The molecule has 1 saturated heterocycles. The summed E-state index contributed by atoms with van der Waals surface area (Å²) in [5.74, 6) is -1.10. The molecule has 27 heavy (non-hydrogen) atoms. The molecule has 0 unspecified atom stereocenters. The fourth-order valence-corrected chi connectivity index (χ4v) is 3.89. The summed E-state index contributed by atoms with van der Waals surface area (Å²) >= 11 is 1.02. The quantitative estimate of drug-likeness (QED) is 0.766. The first-order valence-corrected chi connectivity index (χ1v) is 9.85. The molecule has 0 spiro atoms. The highest BCUT2D eigenvalue weighted by atomic mass is 32.1. The van der Waals surface area contributed by atoms with E-state index in [1.165, 1.54) is 0 Å². The Labute approximate surface area is 162 Å². The number of hydrogen-bond donors (Lipinski definition) is 1. The van der Waals surface area contributed by atoms with Gasteiger partial charge in [0, 0.05) is 19.2 Å². The number of carbonyl (C=O) groups excluding carboxylic acids is 3. The Hall–Kier alpha value is -2.13. The Bertz CT molecular complexity index is 702. The number of nitrogens with zero attached hydrogens (tertiary/aromatic N) is 1. The summed E-state index contributed by atoms with van der Waals surface area (Å²) in [6, 6.07) is -0.334. The van der Waals surface area contributed by atoms with Crippen molar-refractivity contribution in [2.24, 2.45) is 0 Å². The maximum atomic E-state index is 12.8. The third-order valence-electron chi connectivity index (χ3n) is 4.26. The van der Waals surface area contributed by atoms with Gasteiger partial charge < -0.3 is 19.1 Å². The van der Waals surface area contributed by atoms with Crippen LogP contribution in [0.3, 0.4) is 0 Å². The summed E-state index contributed by atoms with van der Waals surface area (Å²) in [6.45, 7) is 8.93. The number of carbonyl (C=O) groups is 3. The van der Waals surface area contributed by atoms with Gasteiger partial charge in [-0.05, 0) is 39.7 Å². The molecule has 1 atom stereocenters. The number of esters is 2. The second-order valence-corrected chi connectivity index (χ2v) is 7.10. The Balaban J connectivity index is 2.32. The van der Waals surface area contributed by atoms with Gasteiger partial charge in [0.2, 0.25) is 0 Å². The van der Waals surface area contributed by atoms with E-state index in [1.54, 1.807) is 25.7 Å². The average molecular weight is 398 g/mol. The number of thiophene rings is 1. The zero-order chi connectivity index (χ0) is 20.0. The van der Waals surface area contributed by atoms with E-state index in [4.69, 9.17) is 14.2 Å². The summed E-state index contributed by atoms with van der Waals surface area (Å²) in [7, 11) is 0. The zero-order valence-electron chi connectivity index (χ0n) is 16.1. The van der Waals surface area contributed by atoms with Gasteiger partial charge in [0.05, 0.1) is 25.4 Å². The molecule has 0 bridgehead atoms. The highest BCUT2D eigenvalue weighted by molar-refractivity contribution is 7.18. The Morgan fingerprint density at radius 3 is 2.52 bits per heavy atom. The topological polar surface area (TPSA) is 94.2 Å². The van der Waals surface area contributed by atoms with Crippen molar-refractivity contribution >= 4 is 34.3 Å². The number of rotatable bonds is 5. The van der Waals surface area contributed by atoms with Gasteiger partial charge in [0.25, 0.3) is 0 Å². The molecule has 1 aromatic heterocycles. The zero-order valence-corrected chi connectivity index (χ0v) is 16.9. The minimum atomic E-state index is -0.579.